The van der Waals surface area contributed by atoms with Gasteiger partial charge in [-0.2, -0.15) is 0 Å². The molecule has 0 saturated carbocycles. The Balaban J connectivity index is 1.99. The molecule has 0 bridgehead atoms. The first-order valence-corrected chi connectivity index (χ1v) is 6.18. The van der Waals surface area contributed by atoms with E-state index in [-0.39, 0.29) is 5.60 Å². The molecule has 2 rings (SSSR count). The summed E-state index contributed by atoms with van der Waals surface area (Å²) in [4.78, 5) is 12.4. The van der Waals surface area contributed by atoms with Crippen LogP contribution in [0.4, 0.5) is 5.95 Å². The molecule has 0 unspecified atom stereocenters. The molecule has 0 aliphatic carbocycles. The Morgan fingerprint density at radius 1 is 1.11 bits per heavy atom. The van der Waals surface area contributed by atoms with Crippen molar-refractivity contribution in [3.63, 3.8) is 0 Å². The SMILES string of the molecule is CC(C)(C)Oc1cc(CNc2ncccn2)ccn1. The Morgan fingerprint density at radius 2 is 1.84 bits per heavy atom. The largest absolute Gasteiger partial charge is 0.472 e. The number of ether oxygens (including phenoxy) is 1. The summed E-state index contributed by atoms with van der Waals surface area (Å²) in [5.41, 5.74) is 0.823. The topological polar surface area (TPSA) is 59.9 Å². The van der Waals surface area contributed by atoms with E-state index in [0.29, 0.717) is 18.4 Å². The number of aromatic nitrogens is 3. The quantitative estimate of drug-likeness (QED) is 0.913. The van der Waals surface area contributed by atoms with Crippen LogP contribution in [0.1, 0.15) is 26.3 Å². The summed E-state index contributed by atoms with van der Waals surface area (Å²) in [6, 6.07) is 5.64. The number of hydrogen-bond donors (Lipinski definition) is 1. The third-order valence-electron chi connectivity index (χ3n) is 2.23. The molecule has 100 valence electrons. The lowest BCUT2D eigenvalue weighted by Crippen LogP contribution is -2.23. The first-order valence-electron chi connectivity index (χ1n) is 6.18. The van der Waals surface area contributed by atoms with Crippen LogP contribution in [0.2, 0.25) is 0 Å². The van der Waals surface area contributed by atoms with Crippen LogP contribution in [0.25, 0.3) is 0 Å². The van der Waals surface area contributed by atoms with E-state index in [9.17, 15) is 0 Å². The lowest BCUT2D eigenvalue weighted by Gasteiger charge is -2.20. The van der Waals surface area contributed by atoms with E-state index in [1.165, 1.54) is 0 Å². The lowest BCUT2D eigenvalue weighted by atomic mass is 10.2. The minimum atomic E-state index is -0.248. The zero-order valence-corrected chi connectivity index (χ0v) is 11.4. The first-order chi connectivity index (χ1) is 9.03. The summed E-state index contributed by atoms with van der Waals surface area (Å²) in [7, 11) is 0. The van der Waals surface area contributed by atoms with E-state index in [1.807, 2.05) is 32.9 Å². The second-order valence-electron chi connectivity index (χ2n) is 5.14. The lowest BCUT2D eigenvalue weighted by molar-refractivity contribution is 0.124. The fourth-order valence-corrected chi connectivity index (χ4v) is 1.50. The molecule has 0 saturated heterocycles. The minimum absolute atomic E-state index is 0.248. The van der Waals surface area contributed by atoms with Gasteiger partial charge in [-0.1, -0.05) is 0 Å². The van der Waals surface area contributed by atoms with Gasteiger partial charge in [0.15, 0.2) is 0 Å². The zero-order valence-electron chi connectivity index (χ0n) is 11.4. The third kappa shape index (κ3) is 4.54. The van der Waals surface area contributed by atoms with Crippen molar-refractivity contribution in [1.82, 2.24) is 15.0 Å². The molecule has 0 aliphatic rings. The average Bonchev–Trinajstić information content (AvgIpc) is 2.36. The molecule has 2 aromatic heterocycles. The molecule has 0 atom stereocenters. The predicted molar refractivity (Wildman–Crippen MR) is 74.0 cm³/mol. The monoisotopic (exact) mass is 258 g/mol. The van der Waals surface area contributed by atoms with Gasteiger partial charge < -0.3 is 10.1 Å². The number of rotatable bonds is 4. The number of anilines is 1. The van der Waals surface area contributed by atoms with E-state index < -0.39 is 0 Å². The minimum Gasteiger partial charge on any atom is -0.472 e. The Bertz CT molecular complexity index is 522. The van der Waals surface area contributed by atoms with Crippen LogP contribution in [-0.2, 0) is 6.54 Å². The Hall–Kier alpha value is -2.17. The number of nitrogens with zero attached hydrogens (tertiary/aromatic N) is 3. The van der Waals surface area contributed by atoms with Crippen LogP contribution in [-0.4, -0.2) is 20.6 Å². The molecule has 0 spiro atoms. The molecule has 2 heterocycles. The second-order valence-corrected chi connectivity index (χ2v) is 5.14. The van der Waals surface area contributed by atoms with Crippen molar-refractivity contribution in [3.8, 4) is 5.88 Å². The molecule has 5 heteroatoms. The summed E-state index contributed by atoms with van der Waals surface area (Å²) in [6.07, 6.45) is 5.15. The molecule has 0 aromatic carbocycles. The van der Waals surface area contributed by atoms with Crippen LogP contribution in [0, 0.1) is 0 Å². The number of nitrogens with one attached hydrogen (secondary N) is 1. The average molecular weight is 258 g/mol. The van der Waals surface area contributed by atoms with Gasteiger partial charge >= 0.3 is 0 Å². The molecule has 1 N–H and O–H groups in total. The van der Waals surface area contributed by atoms with E-state index in [2.05, 4.69) is 20.3 Å². The normalized spacial score (nSPS) is 11.1. The van der Waals surface area contributed by atoms with Crippen LogP contribution < -0.4 is 10.1 Å². The van der Waals surface area contributed by atoms with Crippen LogP contribution in [0.3, 0.4) is 0 Å². The van der Waals surface area contributed by atoms with Crippen LogP contribution in [0.5, 0.6) is 5.88 Å². The Morgan fingerprint density at radius 3 is 2.53 bits per heavy atom. The molecule has 19 heavy (non-hydrogen) atoms. The van der Waals surface area contributed by atoms with Crippen molar-refractivity contribution in [1.29, 1.82) is 0 Å². The maximum atomic E-state index is 5.72. The van der Waals surface area contributed by atoms with Crippen molar-refractivity contribution in [2.75, 3.05) is 5.32 Å². The van der Waals surface area contributed by atoms with Crippen molar-refractivity contribution in [2.24, 2.45) is 0 Å². The Kier molecular flexibility index (Phi) is 3.94. The highest BCUT2D eigenvalue weighted by Gasteiger charge is 2.12. The standard InChI is InChI=1S/C14H18N4O/c1-14(2,3)19-12-9-11(5-8-15-12)10-18-13-16-6-4-7-17-13/h4-9H,10H2,1-3H3,(H,16,17,18). The number of pyridine rings is 1. The van der Waals surface area contributed by atoms with Crippen molar-refractivity contribution in [2.45, 2.75) is 32.9 Å². The van der Waals surface area contributed by atoms with E-state index in [4.69, 9.17) is 4.74 Å². The first kappa shape index (κ1) is 13.3. The summed E-state index contributed by atoms with van der Waals surface area (Å²) < 4.78 is 5.72. The molecular formula is C14H18N4O. The van der Waals surface area contributed by atoms with Gasteiger partial charge in [0.2, 0.25) is 11.8 Å². The van der Waals surface area contributed by atoms with E-state index in [1.54, 1.807) is 24.7 Å². The molecule has 5 nitrogen and oxygen atoms in total. The number of hydrogen-bond acceptors (Lipinski definition) is 5. The summed E-state index contributed by atoms with van der Waals surface area (Å²) in [5.74, 6) is 1.23. The van der Waals surface area contributed by atoms with Gasteiger partial charge in [0.05, 0.1) is 0 Å². The fraction of sp³-hybridized carbons (Fsp3) is 0.357. The van der Waals surface area contributed by atoms with Gasteiger partial charge in [-0.05, 0) is 38.5 Å². The van der Waals surface area contributed by atoms with Crippen molar-refractivity contribution in [3.05, 3.63) is 42.4 Å². The maximum Gasteiger partial charge on any atom is 0.222 e. The van der Waals surface area contributed by atoms with Crippen molar-refractivity contribution >= 4 is 5.95 Å². The summed E-state index contributed by atoms with van der Waals surface area (Å²) >= 11 is 0. The highest BCUT2D eigenvalue weighted by atomic mass is 16.5. The molecule has 0 radical (unpaired) electrons. The van der Waals surface area contributed by atoms with Gasteiger partial charge in [-0.3, -0.25) is 0 Å². The molecule has 2 aromatic rings. The molecular weight excluding hydrogens is 240 g/mol. The summed E-state index contributed by atoms with van der Waals surface area (Å²) in [5, 5.41) is 3.15. The Labute approximate surface area is 113 Å². The van der Waals surface area contributed by atoms with Gasteiger partial charge in [-0.15, -0.1) is 0 Å². The van der Waals surface area contributed by atoms with Gasteiger partial charge in [-0.25, -0.2) is 15.0 Å². The van der Waals surface area contributed by atoms with E-state index in [0.717, 1.165) is 5.56 Å². The molecule has 0 fully saturated rings. The summed E-state index contributed by atoms with van der Waals surface area (Å²) in [6.45, 7) is 6.62. The highest BCUT2D eigenvalue weighted by molar-refractivity contribution is 5.28. The zero-order chi connectivity index (χ0) is 13.7. The second kappa shape index (κ2) is 5.65. The maximum absolute atomic E-state index is 5.72. The van der Waals surface area contributed by atoms with Gasteiger partial charge in [0.25, 0.3) is 0 Å². The van der Waals surface area contributed by atoms with Crippen LogP contribution in [0.15, 0.2) is 36.8 Å². The van der Waals surface area contributed by atoms with E-state index >= 15 is 0 Å². The smallest absolute Gasteiger partial charge is 0.222 e. The molecule has 0 aliphatic heterocycles. The fourth-order valence-electron chi connectivity index (χ4n) is 1.50. The molecule has 0 amide bonds. The van der Waals surface area contributed by atoms with Crippen molar-refractivity contribution < 1.29 is 4.74 Å². The highest BCUT2D eigenvalue weighted by Crippen LogP contribution is 2.16. The van der Waals surface area contributed by atoms with Crippen LogP contribution >= 0.6 is 0 Å². The third-order valence-corrected chi connectivity index (χ3v) is 2.23. The van der Waals surface area contributed by atoms with Gasteiger partial charge in [0.1, 0.15) is 5.60 Å². The van der Waals surface area contributed by atoms with Gasteiger partial charge in [0, 0.05) is 31.2 Å². The predicted octanol–water partition coefficient (Wildman–Crippen LogP) is 2.66.